The van der Waals surface area contributed by atoms with Gasteiger partial charge in [-0.05, 0) is 93.7 Å². The van der Waals surface area contributed by atoms with Crippen molar-refractivity contribution in [1.29, 1.82) is 0 Å². The number of benzene rings is 6. The summed E-state index contributed by atoms with van der Waals surface area (Å²) in [5, 5.41) is 1.68. The summed E-state index contributed by atoms with van der Waals surface area (Å²) in [6.07, 6.45) is 1.96. The van der Waals surface area contributed by atoms with Gasteiger partial charge in [-0.25, -0.2) is 0 Å². The molecule has 208 valence electrons. The van der Waals surface area contributed by atoms with Gasteiger partial charge in [0.2, 0.25) is 0 Å². The number of hydrogen-bond donors (Lipinski definition) is 0. The molecule has 0 atom stereocenters. The van der Waals surface area contributed by atoms with E-state index in [9.17, 15) is 4.79 Å². The van der Waals surface area contributed by atoms with Gasteiger partial charge in [0.1, 0.15) is 0 Å². The smallest absolute Gasteiger partial charge is 0.262 e. The molecule has 0 amide bonds. The topological polar surface area (TPSA) is 25.2 Å². The zero-order chi connectivity index (χ0) is 29.4. The van der Waals surface area contributed by atoms with Gasteiger partial charge in [0, 0.05) is 23.0 Å². The van der Waals surface area contributed by atoms with Gasteiger partial charge in [-0.3, -0.25) is 9.36 Å². The van der Waals surface area contributed by atoms with Crippen LogP contribution < -0.4 is 10.5 Å². The lowest BCUT2D eigenvalue weighted by atomic mass is 9.64. The maximum Gasteiger partial charge on any atom is 0.262 e. The molecule has 1 spiro atoms. The molecular formula is C41H28N2O. The van der Waals surface area contributed by atoms with Crippen molar-refractivity contribution in [3.8, 4) is 16.8 Å². The Bertz CT molecular complexity index is 2240. The Morgan fingerprint density at radius 2 is 1.02 bits per heavy atom. The maximum atomic E-state index is 13.7. The van der Waals surface area contributed by atoms with Crippen LogP contribution in [-0.4, -0.2) is 4.57 Å². The number of anilines is 3. The number of para-hydroxylation sites is 3. The van der Waals surface area contributed by atoms with Crippen molar-refractivity contribution >= 4 is 27.8 Å². The van der Waals surface area contributed by atoms with E-state index >= 15 is 0 Å². The molecule has 6 aromatic carbocycles. The molecule has 9 rings (SSSR count). The van der Waals surface area contributed by atoms with E-state index < -0.39 is 5.41 Å². The average Bonchev–Trinajstić information content (AvgIpc) is 3.38. The molecule has 7 aromatic rings. The molecule has 0 N–H and O–H groups in total. The molecular weight excluding hydrogens is 536 g/mol. The van der Waals surface area contributed by atoms with Crippen LogP contribution in [0.4, 0.5) is 17.1 Å². The largest absolute Gasteiger partial charge is 0.310 e. The second-order valence-corrected chi connectivity index (χ2v) is 11.8. The van der Waals surface area contributed by atoms with Crippen LogP contribution in [0.1, 0.15) is 27.8 Å². The number of nitrogens with zero attached hydrogens (tertiary/aromatic N) is 2. The monoisotopic (exact) mass is 564 g/mol. The van der Waals surface area contributed by atoms with Crippen LogP contribution in [0, 0.1) is 6.92 Å². The Morgan fingerprint density at radius 3 is 1.64 bits per heavy atom. The first kappa shape index (κ1) is 24.9. The molecule has 1 aliphatic heterocycles. The summed E-state index contributed by atoms with van der Waals surface area (Å²) in [5.41, 5.74) is 12.5. The van der Waals surface area contributed by atoms with Gasteiger partial charge < -0.3 is 4.90 Å². The third kappa shape index (κ3) is 3.18. The Labute approximate surface area is 255 Å². The lowest BCUT2D eigenvalue weighted by Gasteiger charge is -2.45. The third-order valence-corrected chi connectivity index (χ3v) is 9.54. The third-order valence-electron chi connectivity index (χ3n) is 9.54. The standard InChI is InChI=1S/C41H28N2O/c1-27-26-42(28-13-3-2-4-14-28)40(44)32-24-23-29(25-33(27)32)43-38-21-11-9-19-36(38)41(37-20-10-12-22-39(37)43)34-17-7-5-15-30(34)31-16-6-8-18-35(31)41/h2-26H,1H3. The number of fused-ring (bicyclic) bond motifs is 10. The van der Waals surface area contributed by atoms with Crippen molar-refractivity contribution in [2.24, 2.45) is 0 Å². The van der Waals surface area contributed by atoms with Crippen molar-refractivity contribution in [2.75, 3.05) is 4.90 Å². The lowest BCUT2D eigenvalue weighted by Crippen LogP contribution is -2.36. The minimum atomic E-state index is -0.437. The number of rotatable bonds is 2. The van der Waals surface area contributed by atoms with Gasteiger partial charge in [-0.2, -0.15) is 0 Å². The van der Waals surface area contributed by atoms with Crippen molar-refractivity contribution < 1.29 is 0 Å². The number of hydrogen-bond acceptors (Lipinski definition) is 2. The van der Waals surface area contributed by atoms with E-state index in [-0.39, 0.29) is 5.56 Å². The summed E-state index contributed by atoms with van der Waals surface area (Å²) >= 11 is 0. The van der Waals surface area contributed by atoms with Crippen molar-refractivity contribution in [2.45, 2.75) is 12.3 Å². The van der Waals surface area contributed by atoms with Crippen LogP contribution in [0.25, 0.3) is 27.6 Å². The van der Waals surface area contributed by atoms with Crippen molar-refractivity contribution in [3.63, 3.8) is 0 Å². The molecule has 1 aliphatic carbocycles. The van der Waals surface area contributed by atoms with Crippen molar-refractivity contribution in [1.82, 2.24) is 4.57 Å². The number of aryl methyl sites for hydroxylation is 1. The fraction of sp³-hybridized carbons (Fsp3) is 0.0488. The predicted octanol–water partition coefficient (Wildman–Crippen LogP) is 9.45. The molecule has 0 saturated heterocycles. The lowest BCUT2D eigenvalue weighted by molar-refractivity contribution is 0.752. The molecule has 3 nitrogen and oxygen atoms in total. The van der Waals surface area contributed by atoms with E-state index in [1.54, 1.807) is 4.57 Å². The summed E-state index contributed by atoms with van der Waals surface area (Å²) in [6.45, 7) is 2.09. The molecule has 2 heterocycles. The Morgan fingerprint density at radius 1 is 0.500 bits per heavy atom. The van der Waals surface area contributed by atoms with Crippen LogP contribution in [0.5, 0.6) is 0 Å². The van der Waals surface area contributed by atoms with Crippen LogP contribution in [0.15, 0.2) is 157 Å². The van der Waals surface area contributed by atoms with E-state index in [1.165, 1.54) is 33.4 Å². The number of aromatic nitrogens is 1. The molecule has 44 heavy (non-hydrogen) atoms. The highest BCUT2D eigenvalue weighted by atomic mass is 16.1. The molecule has 0 saturated carbocycles. The molecule has 0 unspecified atom stereocenters. The minimum absolute atomic E-state index is 0.0130. The Kier molecular flexibility index (Phi) is 5.18. The van der Waals surface area contributed by atoms with Crippen LogP contribution >= 0.6 is 0 Å². The fourth-order valence-corrected chi connectivity index (χ4v) is 7.76. The average molecular weight is 565 g/mol. The zero-order valence-electron chi connectivity index (χ0n) is 24.2. The summed E-state index contributed by atoms with van der Waals surface area (Å²) in [4.78, 5) is 16.1. The van der Waals surface area contributed by atoms with E-state index in [4.69, 9.17) is 0 Å². The summed E-state index contributed by atoms with van der Waals surface area (Å²) in [6, 6.07) is 51.5. The van der Waals surface area contributed by atoms with Gasteiger partial charge in [0.05, 0.1) is 16.8 Å². The van der Waals surface area contributed by atoms with Gasteiger partial charge >= 0.3 is 0 Å². The molecule has 1 aromatic heterocycles. The zero-order valence-corrected chi connectivity index (χ0v) is 24.2. The Hall–Kier alpha value is -5.67. The number of pyridine rings is 1. The summed E-state index contributed by atoms with van der Waals surface area (Å²) in [7, 11) is 0. The first-order valence-corrected chi connectivity index (χ1v) is 15.1. The highest BCUT2D eigenvalue weighted by molar-refractivity contribution is 5.97. The van der Waals surface area contributed by atoms with Crippen molar-refractivity contribution in [3.05, 3.63) is 190 Å². The van der Waals surface area contributed by atoms with Crippen LogP contribution in [-0.2, 0) is 5.41 Å². The minimum Gasteiger partial charge on any atom is -0.310 e. The van der Waals surface area contributed by atoms with E-state index in [1.807, 2.05) is 42.6 Å². The molecule has 0 radical (unpaired) electrons. The van der Waals surface area contributed by atoms with Gasteiger partial charge in [-0.1, -0.05) is 103 Å². The highest BCUT2D eigenvalue weighted by Gasteiger charge is 2.51. The predicted molar refractivity (Wildman–Crippen MR) is 180 cm³/mol. The molecule has 0 bridgehead atoms. The Balaban J connectivity index is 1.32. The molecule has 2 aliphatic rings. The summed E-state index contributed by atoms with van der Waals surface area (Å²) < 4.78 is 1.75. The van der Waals surface area contributed by atoms with Crippen LogP contribution in [0.2, 0.25) is 0 Å². The SMILES string of the molecule is Cc1cn(-c2ccccc2)c(=O)c2ccc(N3c4ccccc4C4(c5ccccc5-c5ccccc54)c4ccccc43)cc12. The highest BCUT2D eigenvalue weighted by Crippen LogP contribution is 2.63. The summed E-state index contributed by atoms with van der Waals surface area (Å²) in [5.74, 6) is 0. The van der Waals surface area contributed by atoms with Gasteiger partial charge in [0.25, 0.3) is 5.56 Å². The second kappa shape index (κ2) is 9.16. The molecule has 0 fully saturated rings. The quantitative estimate of drug-likeness (QED) is 0.209. The first-order valence-electron chi connectivity index (χ1n) is 15.1. The molecule has 3 heteroatoms. The van der Waals surface area contributed by atoms with Gasteiger partial charge in [-0.15, -0.1) is 0 Å². The van der Waals surface area contributed by atoms with E-state index in [0.29, 0.717) is 5.39 Å². The first-order chi connectivity index (χ1) is 21.7. The maximum absolute atomic E-state index is 13.7. The van der Waals surface area contributed by atoms with Crippen LogP contribution in [0.3, 0.4) is 0 Å². The fourth-order valence-electron chi connectivity index (χ4n) is 7.76. The van der Waals surface area contributed by atoms with Gasteiger partial charge in [0.15, 0.2) is 0 Å². The van der Waals surface area contributed by atoms with E-state index in [0.717, 1.165) is 33.7 Å². The second-order valence-electron chi connectivity index (χ2n) is 11.8. The normalized spacial score (nSPS) is 13.8. The van der Waals surface area contributed by atoms with E-state index in [2.05, 4.69) is 121 Å².